The molecule has 1 atom stereocenters. The lowest BCUT2D eigenvalue weighted by atomic mass is 10.00. The van der Waals surface area contributed by atoms with Gasteiger partial charge in [0.05, 0.1) is 12.2 Å². The molecule has 0 saturated heterocycles. The zero-order valence-electron chi connectivity index (χ0n) is 23.8. The maximum absolute atomic E-state index is 13.1. The first kappa shape index (κ1) is 29.1. The van der Waals surface area contributed by atoms with E-state index in [9.17, 15) is 19.5 Å². The summed E-state index contributed by atoms with van der Waals surface area (Å²) in [5.74, 6) is -0.670. The third-order valence-corrected chi connectivity index (χ3v) is 7.22. The number of hydrogen-bond donors (Lipinski definition) is 2. The van der Waals surface area contributed by atoms with E-state index in [2.05, 4.69) is 5.32 Å². The molecular formula is C36H32N2O5. The number of para-hydroxylation sites is 1. The van der Waals surface area contributed by atoms with Crippen molar-refractivity contribution in [3.05, 3.63) is 138 Å². The number of anilines is 2. The second kappa shape index (κ2) is 13.5. The number of benzene rings is 5. The summed E-state index contributed by atoms with van der Waals surface area (Å²) in [6.45, 7) is 2.20. The first-order valence-electron chi connectivity index (χ1n) is 14.1. The number of ketones is 1. The van der Waals surface area contributed by atoms with E-state index < -0.39 is 12.0 Å². The summed E-state index contributed by atoms with van der Waals surface area (Å²) >= 11 is 0. The number of aliphatic carboxylic acids is 1. The lowest BCUT2D eigenvalue weighted by Crippen LogP contribution is -2.33. The van der Waals surface area contributed by atoms with E-state index in [1.165, 1.54) is 0 Å². The number of nitrogens with one attached hydrogen (secondary N) is 1. The van der Waals surface area contributed by atoms with Crippen molar-refractivity contribution in [1.29, 1.82) is 0 Å². The predicted octanol–water partition coefficient (Wildman–Crippen LogP) is 6.61. The molecule has 0 saturated carbocycles. The molecule has 0 aliphatic carbocycles. The van der Waals surface area contributed by atoms with E-state index in [0.717, 1.165) is 22.0 Å². The number of carboxylic acids is 1. The van der Waals surface area contributed by atoms with Crippen molar-refractivity contribution in [3.63, 3.8) is 0 Å². The molecule has 43 heavy (non-hydrogen) atoms. The normalized spacial score (nSPS) is 11.5. The summed E-state index contributed by atoms with van der Waals surface area (Å²) in [5.41, 5.74) is 3.03. The Morgan fingerprint density at radius 1 is 0.791 bits per heavy atom. The van der Waals surface area contributed by atoms with Crippen molar-refractivity contribution < 1.29 is 24.2 Å². The Hall–Kier alpha value is -5.43. The van der Waals surface area contributed by atoms with E-state index in [4.69, 9.17) is 4.74 Å². The van der Waals surface area contributed by atoms with Crippen LogP contribution in [0.5, 0.6) is 5.75 Å². The van der Waals surface area contributed by atoms with E-state index in [-0.39, 0.29) is 24.7 Å². The average Bonchev–Trinajstić information content (AvgIpc) is 3.03. The molecule has 1 amide bonds. The van der Waals surface area contributed by atoms with Crippen LogP contribution in [0.3, 0.4) is 0 Å². The van der Waals surface area contributed by atoms with Gasteiger partial charge in [-0.1, -0.05) is 91.0 Å². The lowest BCUT2D eigenvalue weighted by Gasteiger charge is -2.23. The molecule has 0 aliphatic rings. The van der Waals surface area contributed by atoms with E-state index in [1.54, 1.807) is 72.5 Å². The highest BCUT2D eigenvalue weighted by Crippen LogP contribution is 2.27. The summed E-state index contributed by atoms with van der Waals surface area (Å²) < 4.78 is 5.94. The number of ether oxygens (including phenoxy) is 1. The van der Waals surface area contributed by atoms with Gasteiger partial charge in [-0.05, 0) is 41.3 Å². The minimum Gasteiger partial charge on any atom is -0.492 e. The van der Waals surface area contributed by atoms with Gasteiger partial charge in [-0.3, -0.25) is 9.59 Å². The Labute approximate surface area is 250 Å². The third-order valence-electron chi connectivity index (χ3n) is 7.22. The molecule has 5 aromatic carbocycles. The maximum atomic E-state index is 13.1. The van der Waals surface area contributed by atoms with Gasteiger partial charge in [0.2, 0.25) is 5.91 Å². The number of fused-ring (bicyclic) bond motifs is 1. The van der Waals surface area contributed by atoms with Crippen molar-refractivity contribution in [2.75, 3.05) is 23.4 Å². The van der Waals surface area contributed by atoms with Crippen molar-refractivity contribution in [2.45, 2.75) is 19.4 Å². The Morgan fingerprint density at radius 2 is 1.47 bits per heavy atom. The monoisotopic (exact) mass is 572 g/mol. The van der Waals surface area contributed by atoms with Crippen LogP contribution in [0.4, 0.5) is 11.4 Å². The maximum Gasteiger partial charge on any atom is 0.326 e. The van der Waals surface area contributed by atoms with Crippen LogP contribution < -0.4 is 15.0 Å². The standard InChI is InChI=1S/C36H32N2O5/c1-25(39)38(34-17-9-13-27-10-5-6-14-30(27)34)22-23-43-29-20-18-26(19-21-29)24-33(36(41)42)37-32-16-8-7-15-31(32)35(40)28-11-3-2-4-12-28/h2-21,33,37H,22-24H2,1H3,(H,41,42). The van der Waals surface area contributed by atoms with Gasteiger partial charge < -0.3 is 20.1 Å². The largest absolute Gasteiger partial charge is 0.492 e. The van der Waals surface area contributed by atoms with Crippen LogP contribution >= 0.6 is 0 Å². The summed E-state index contributed by atoms with van der Waals surface area (Å²) in [4.78, 5) is 39.5. The van der Waals surface area contributed by atoms with Gasteiger partial charge in [0.15, 0.2) is 5.78 Å². The molecule has 5 aromatic rings. The van der Waals surface area contributed by atoms with Gasteiger partial charge in [-0.25, -0.2) is 4.79 Å². The first-order valence-corrected chi connectivity index (χ1v) is 14.1. The Balaban J connectivity index is 1.22. The van der Waals surface area contributed by atoms with Crippen molar-refractivity contribution in [1.82, 2.24) is 0 Å². The summed E-state index contributed by atoms with van der Waals surface area (Å²) in [6.07, 6.45) is 0.197. The number of hydrogen-bond acceptors (Lipinski definition) is 5. The van der Waals surface area contributed by atoms with Crippen LogP contribution in [0.2, 0.25) is 0 Å². The van der Waals surface area contributed by atoms with Crippen LogP contribution in [0.25, 0.3) is 10.8 Å². The van der Waals surface area contributed by atoms with Gasteiger partial charge >= 0.3 is 5.97 Å². The van der Waals surface area contributed by atoms with Crippen molar-refractivity contribution in [3.8, 4) is 5.75 Å². The smallest absolute Gasteiger partial charge is 0.326 e. The van der Waals surface area contributed by atoms with Gasteiger partial charge in [0.25, 0.3) is 0 Å². The first-order chi connectivity index (χ1) is 20.9. The van der Waals surface area contributed by atoms with Crippen LogP contribution in [0.15, 0.2) is 121 Å². The molecule has 7 heteroatoms. The fraction of sp³-hybridized carbons (Fsp3) is 0.139. The van der Waals surface area contributed by atoms with E-state index in [0.29, 0.717) is 29.1 Å². The minimum absolute atomic E-state index is 0.0745. The van der Waals surface area contributed by atoms with Crippen LogP contribution in [-0.4, -0.2) is 42.0 Å². The number of carbonyl (C=O) groups is 3. The molecule has 0 spiro atoms. The number of rotatable bonds is 12. The fourth-order valence-electron chi connectivity index (χ4n) is 5.04. The molecule has 0 aromatic heterocycles. The molecule has 1 unspecified atom stereocenters. The Kier molecular flexibility index (Phi) is 9.12. The summed E-state index contributed by atoms with van der Waals surface area (Å²) in [5, 5.41) is 15.1. The molecule has 0 aliphatic heterocycles. The van der Waals surface area contributed by atoms with Gasteiger partial charge in [-0.2, -0.15) is 0 Å². The Morgan fingerprint density at radius 3 is 2.21 bits per heavy atom. The van der Waals surface area contributed by atoms with Crippen molar-refractivity contribution >= 4 is 39.8 Å². The second-order valence-electron chi connectivity index (χ2n) is 10.1. The molecule has 216 valence electrons. The minimum atomic E-state index is -1.03. The van der Waals surface area contributed by atoms with Gasteiger partial charge in [0.1, 0.15) is 18.4 Å². The summed E-state index contributed by atoms with van der Waals surface area (Å²) in [7, 11) is 0. The number of nitrogens with zero attached hydrogens (tertiary/aromatic N) is 1. The topological polar surface area (TPSA) is 95.9 Å². The fourth-order valence-corrected chi connectivity index (χ4v) is 5.04. The lowest BCUT2D eigenvalue weighted by molar-refractivity contribution is -0.137. The summed E-state index contributed by atoms with van der Waals surface area (Å²) in [6, 6.07) is 35.9. The molecule has 0 heterocycles. The highest BCUT2D eigenvalue weighted by Gasteiger charge is 2.21. The quantitative estimate of drug-likeness (QED) is 0.163. The molecule has 5 rings (SSSR count). The molecule has 2 N–H and O–H groups in total. The highest BCUT2D eigenvalue weighted by molar-refractivity contribution is 6.12. The van der Waals surface area contributed by atoms with Crippen LogP contribution in [0, 0.1) is 0 Å². The second-order valence-corrected chi connectivity index (χ2v) is 10.1. The van der Waals surface area contributed by atoms with Crippen LogP contribution in [-0.2, 0) is 16.0 Å². The van der Waals surface area contributed by atoms with Crippen LogP contribution in [0.1, 0.15) is 28.4 Å². The number of carboxylic acid groups (broad SMARTS) is 1. The predicted molar refractivity (Wildman–Crippen MR) is 169 cm³/mol. The number of amides is 1. The molecule has 7 nitrogen and oxygen atoms in total. The van der Waals surface area contributed by atoms with Crippen molar-refractivity contribution in [2.24, 2.45) is 0 Å². The van der Waals surface area contributed by atoms with E-state index >= 15 is 0 Å². The average molecular weight is 573 g/mol. The molecular weight excluding hydrogens is 540 g/mol. The zero-order valence-corrected chi connectivity index (χ0v) is 23.8. The van der Waals surface area contributed by atoms with Gasteiger partial charge in [-0.15, -0.1) is 0 Å². The SMILES string of the molecule is CC(=O)N(CCOc1ccc(CC(Nc2ccccc2C(=O)c2ccccc2)C(=O)O)cc1)c1cccc2ccccc12. The molecule has 0 radical (unpaired) electrons. The molecule has 0 fully saturated rings. The molecule has 0 bridgehead atoms. The number of carbonyl (C=O) groups excluding carboxylic acids is 2. The van der Waals surface area contributed by atoms with Gasteiger partial charge in [0, 0.05) is 35.5 Å². The highest BCUT2D eigenvalue weighted by atomic mass is 16.5. The third kappa shape index (κ3) is 7.08. The Bertz CT molecular complexity index is 1730. The van der Waals surface area contributed by atoms with E-state index in [1.807, 2.05) is 60.7 Å². The zero-order chi connectivity index (χ0) is 30.2.